The minimum absolute atomic E-state index is 0.327. The van der Waals surface area contributed by atoms with Gasteiger partial charge in [-0.3, -0.25) is 4.79 Å². The van der Waals surface area contributed by atoms with Crippen molar-refractivity contribution >= 4 is 28.2 Å². The highest BCUT2D eigenvalue weighted by atomic mass is 79.9. The Morgan fingerprint density at radius 3 is 2.68 bits per heavy atom. The third-order valence-electron chi connectivity index (χ3n) is 2.46. The molecular formula is C14H17BrO4. The number of benzene rings is 1. The molecule has 0 aromatic heterocycles. The fourth-order valence-electron chi connectivity index (χ4n) is 1.56. The molecule has 0 saturated carbocycles. The van der Waals surface area contributed by atoms with Gasteiger partial charge in [-0.05, 0) is 47.5 Å². The molecule has 0 saturated heterocycles. The molecule has 0 heterocycles. The maximum Gasteiger partial charge on any atom is 0.347 e. The number of esters is 1. The molecule has 0 aliphatic rings. The van der Waals surface area contributed by atoms with Crippen LogP contribution in [0.3, 0.4) is 0 Å². The molecule has 104 valence electrons. The molecule has 1 aromatic carbocycles. The van der Waals surface area contributed by atoms with Gasteiger partial charge in [-0.15, -0.1) is 0 Å². The summed E-state index contributed by atoms with van der Waals surface area (Å²) in [6, 6.07) is 4.95. The summed E-state index contributed by atoms with van der Waals surface area (Å²) >= 11 is 3.32. The largest absolute Gasteiger partial charge is 0.478 e. The number of hydrogen-bond donors (Lipinski definition) is 0. The lowest BCUT2D eigenvalue weighted by molar-refractivity contribution is -0.151. The lowest BCUT2D eigenvalue weighted by atomic mass is 10.2. The second kappa shape index (κ2) is 7.94. The molecule has 1 unspecified atom stereocenters. The second-order valence-electron chi connectivity index (χ2n) is 3.95. The second-order valence-corrected chi connectivity index (χ2v) is 4.81. The third kappa shape index (κ3) is 4.67. The summed E-state index contributed by atoms with van der Waals surface area (Å²) in [5.74, 6) is 0.160. The zero-order valence-corrected chi connectivity index (χ0v) is 12.6. The first-order valence-corrected chi connectivity index (χ1v) is 6.99. The van der Waals surface area contributed by atoms with Gasteiger partial charge in [0.2, 0.25) is 0 Å². The summed E-state index contributed by atoms with van der Waals surface area (Å²) in [4.78, 5) is 22.4. The highest BCUT2D eigenvalue weighted by molar-refractivity contribution is 9.10. The fraction of sp³-hybridized carbons (Fsp3) is 0.429. The van der Waals surface area contributed by atoms with Gasteiger partial charge in [-0.2, -0.15) is 0 Å². The van der Waals surface area contributed by atoms with Crippen molar-refractivity contribution in [3.05, 3.63) is 28.2 Å². The van der Waals surface area contributed by atoms with E-state index in [1.54, 1.807) is 25.1 Å². The van der Waals surface area contributed by atoms with E-state index in [4.69, 9.17) is 9.47 Å². The van der Waals surface area contributed by atoms with E-state index in [2.05, 4.69) is 15.9 Å². The summed E-state index contributed by atoms with van der Waals surface area (Å²) in [6.07, 6.45) is 1.53. The van der Waals surface area contributed by atoms with Gasteiger partial charge >= 0.3 is 5.97 Å². The monoisotopic (exact) mass is 328 g/mol. The van der Waals surface area contributed by atoms with Crippen molar-refractivity contribution in [1.82, 2.24) is 0 Å². The van der Waals surface area contributed by atoms with Crippen LogP contribution in [-0.4, -0.2) is 25.0 Å². The van der Waals surface area contributed by atoms with Crippen LogP contribution < -0.4 is 4.74 Å². The molecule has 0 N–H and O–H groups in total. The molecule has 1 atom stereocenters. The van der Waals surface area contributed by atoms with Crippen LogP contribution in [0, 0.1) is 0 Å². The predicted molar refractivity (Wildman–Crippen MR) is 75.5 cm³/mol. The van der Waals surface area contributed by atoms with Crippen LogP contribution in [0.15, 0.2) is 22.7 Å². The summed E-state index contributed by atoms with van der Waals surface area (Å²) in [7, 11) is 0. The van der Waals surface area contributed by atoms with Crippen LogP contribution in [0.4, 0.5) is 0 Å². The third-order valence-corrected chi connectivity index (χ3v) is 3.08. The Morgan fingerprint density at radius 1 is 1.42 bits per heavy atom. The van der Waals surface area contributed by atoms with Gasteiger partial charge in [-0.25, -0.2) is 4.79 Å². The maximum atomic E-state index is 11.8. The molecule has 5 heteroatoms. The van der Waals surface area contributed by atoms with Crippen LogP contribution in [0.1, 0.15) is 37.0 Å². The molecule has 0 spiro atoms. The standard InChI is InChI=1S/C14H17BrO4/c1-3-5-13(14(17)18-4-2)19-12-7-6-10(9-16)8-11(12)15/h6-9,13H,3-5H2,1-2H3. The summed E-state index contributed by atoms with van der Waals surface area (Å²) in [6.45, 7) is 4.06. The number of aldehydes is 1. The average Bonchev–Trinajstić information content (AvgIpc) is 2.40. The first-order valence-electron chi connectivity index (χ1n) is 6.20. The van der Waals surface area contributed by atoms with Crippen LogP contribution in [-0.2, 0) is 9.53 Å². The molecule has 4 nitrogen and oxygen atoms in total. The molecule has 19 heavy (non-hydrogen) atoms. The van der Waals surface area contributed by atoms with Gasteiger partial charge in [-0.1, -0.05) is 13.3 Å². The summed E-state index contributed by atoms with van der Waals surface area (Å²) in [5, 5.41) is 0. The summed E-state index contributed by atoms with van der Waals surface area (Å²) < 4.78 is 11.3. The van der Waals surface area contributed by atoms with E-state index < -0.39 is 6.10 Å². The van der Waals surface area contributed by atoms with E-state index in [1.807, 2.05) is 6.92 Å². The lowest BCUT2D eigenvalue weighted by Gasteiger charge is -2.18. The van der Waals surface area contributed by atoms with Gasteiger partial charge in [0.15, 0.2) is 6.10 Å². The highest BCUT2D eigenvalue weighted by Crippen LogP contribution is 2.27. The minimum atomic E-state index is -0.622. The van der Waals surface area contributed by atoms with Crippen LogP contribution >= 0.6 is 15.9 Å². The van der Waals surface area contributed by atoms with Gasteiger partial charge in [0.1, 0.15) is 12.0 Å². The topological polar surface area (TPSA) is 52.6 Å². The van der Waals surface area contributed by atoms with Crippen molar-refractivity contribution < 1.29 is 19.1 Å². The Bertz CT molecular complexity index is 445. The quantitative estimate of drug-likeness (QED) is 0.568. The normalized spacial score (nSPS) is 11.7. The van der Waals surface area contributed by atoms with Crippen molar-refractivity contribution in [3.8, 4) is 5.75 Å². The number of carbonyl (C=O) groups excluding carboxylic acids is 2. The predicted octanol–water partition coefficient (Wildman–Crippen LogP) is 3.37. The van der Waals surface area contributed by atoms with Gasteiger partial charge in [0.25, 0.3) is 0 Å². The van der Waals surface area contributed by atoms with E-state index in [0.29, 0.717) is 28.8 Å². The lowest BCUT2D eigenvalue weighted by Crippen LogP contribution is -2.29. The zero-order chi connectivity index (χ0) is 14.3. The van der Waals surface area contributed by atoms with E-state index in [1.165, 1.54) is 0 Å². The van der Waals surface area contributed by atoms with Crippen molar-refractivity contribution in [2.45, 2.75) is 32.8 Å². The summed E-state index contributed by atoms with van der Waals surface area (Å²) in [5.41, 5.74) is 0.544. The Balaban J connectivity index is 2.83. The molecule has 1 rings (SSSR count). The van der Waals surface area contributed by atoms with Crippen molar-refractivity contribution in [2.75, 3.05) is 6.61 Å². The van der Waals surface area contributed by atoms with E-state index in [9.17, 15) is 9.59 Å². The molecule has 0 fully saturated rings. The number of hydrogen-bond acceptors (Lipinski definition) is 4. The maximum absolute atomic E-state index is 11.8. The van der Waals surface area contributed by atoms with Crippen molar-refractivity contribution in [3.63, 3.8) is 0 Å². The molecular weight excluding hydrogens is 312 g/mol. The Kier molecular flexibility index (Phi) is 6.56. The number of ether oxygens (including phenoxy) is 2. The Morgan fingerprint density at radius 2 is 2.16 bits per heavy atom. The molecule has 0 aliphatic heterocycles. The first-order chi connectivity index (χ1) is 9.12. The first kappa shape index (κ1) is 15.7. The van der Waals surface area contributed by atoms with Gasteiger partial charge in [0, 0.05) is 5.56 Å². The minimum Gasteiger partial charge on any atom is -0.478 e. The molecule has 0 radical (unpaired) electrons. The highest BCUT2D eigenvalue weighted by Gasteiger charge is 2.21. The smallest absolute Gasteiger partial charge is 0.347 e. The molecule has 1 aromatic rings. The van der Waals surface area contributed by atoms with Crippen molar-refractivity contribution in [1.29, 1.82) is 0 Å². The van der Waals surface area contributed by atoms with Crippen LogP contribution in [0.5, 0.6) is 5.75 Å². The fourth-order valence-corrected chi connectivity index (χ4v) is 2.05. The Labute approximate surface area is 121 Å². The van der Waals surface area contributed by atoms with E-state index >= 15 is 0 Å². The number of carbonyl (C=O) groups is 2. The number of rotatable bonds is 7. The molecule has 0 bridgehead atoms. The van der Waals surface area contributed by atoms with E-state index in [-0.39, 0.29) is 5.97 Å². The number of halogens is 1. The molecule has 0 aliphatic carbocycles. The van der Waals surface area contributed by atoms with Crippen molar-refractivity contribution in [2.24, 2.45) is 0 Å². The van der Waals surface area contributed by atoms with Crippen LogP contribution in [0.25, 0.3) is 0 Å². The van der Waals surface area contributed by atoms with Gasteiger partial charge in [0.05, 0.1) is 11.1 Å². The SMILES string of the molecule is CCCC(Oc1ccc(C=O)cc1Br)C(=O)OCC. The average molecular weight is 329 g/mol. The molecule has 0 amide bonds. The zero-order valence-electron chi connectivity index (χ0n) is 11.0. The Hall–Kier alpha value is -1.36. The van der Waals surface area contributed by atoms with Crippen LogP contribution in [0.2, 0.25) is 0 Å². The van der Waals surface area contributed by atoms with Gasteiger partial charge < -0.3 is 9.47 Å². The van der Waals surface area contributed by atoms with E-state index in [0.717, 1.165) is 12.7 Å².